The quantitative estimate of drug-likeness (QED) is 0.887. The number of rotatable bonds is 5. The molecule has 2 rings (SSSR count). The SMILES string of the molecule is CC(C)[C@@H](CNC(=O)Nc1ccc(F)cc1F)c1ccnn1C. The minimum absolute atomic E-state index is 0.0643. The van der Waals surface area contributed by atoms with E-state index in [2.05, 4.69) is 29.6 Å². The molecule has 0 fully saturated rings. The first-order valence-electron chi connectivity index (χ1n) is 7.36. The highest BCUT2D eigenvalue weighted by molar-refractivity contribution is 5.89. The van der Waals surface area contributed by atoms with Crippen molar-refractivity contribution in [2.24, 2.45) is 13.0 Å². The highest BCUT2D eigenvalue weighted by Crippen LogP contribution is 2.23. The van der Waals surface area contributed by atoms with Crippen LogP contribution in [0.3, 0.4) is 0 Å². The summed E-state index contributed by atoms with van der Waals surface area (Å²) in [6, 6.07) is 4.37. The number of urea groups is 1. The van der Waals surface area contributed by atoms with Crippen molar-refractivity contribution in [3.63, 3.8) is 0 Å². The van der Waals surface area contributed by atoms with Gasteiger partial charge in [0.05, 0.1) is 5.69 Å². The van der Waals surface area contributed by atoms with Crippen molar-refractivity contribution in [3.05, 3.63) is 47.8 Å². The van der Waals surface area contributed by atoms with Crippen molar-refractivity contribution in [2.75, 3.05) is 11.9 Å². The molecule has 2 amide bonds. The molecular weight excluding hydrogens is 302 g/mol. The lowest BCUT2D eigenvalue weighted by Crippen LogP contribution is -2.34. The van der Waals surface area contributed by atoms with E-state index in [9.17, 15) is 13.6 Å². The summed E-state index contributed by atoms with van der Waals surface area (Å²) in [6.07, 6.45) is 1.71. The van der Waals surface area contributed by atoms with Crippen molar-refractivity contribution in [1.29, 1.82) is 0 Å². The van der Waals surface area contributed by atoms with Gasteiger partial charge in [-0.2, -0.15) is 5.10 Å². The minimum atomic E-state index is -0.813. The van der Waals surface area contributed by atoms with Gasteiger partial charge in [0.2, 0.25) is 0 Å². The Kier molecular flexibility index (Phi) is 5.31. The molecule has 124 valence electrons. The topological polar surface area (TPSA) is 59.0 Å². The molecule has 7 heteroatoms. The molecule has 0 saturated heterocycles. The molecule has 2 N–H and O–H groups in total. The van der Waals surface area contributed by atoms with Gasteiger partial charge in [0.15, 0.2) is 0 Å². The lowest BCUT2D eigenvalue weighted by atomic mass is 9.92. The van der Waals surface area contributed by atoms with Crippen molar-refractivity contribution < 1.29 is 13.6 Å². The van der Waals surface area contributed by atoms with Gasteiger partial charge in [0, 0.05) is 37.5 Å². The lowest BCUT2D eigenvalue weighted by Gasteiger charge is -2.21. The van der Waals surface area contributed by atoms with E-state index in [1.807, 2.05) is 13.1 Å². The van der Waals surface area contributed by atoms with Crippen LogP contribution in [0.5, 0.6) is 0 Å². The van der Waals surface area contributed by atoms with E-state index in [4.69, 9.17) is 0 Å². The summed E-state index contributed by atoms with van der Waals surface area (Å²) in [7, 11) is 1.85. The van der Waals surface area contributed by atoms with Crippen LogP contribution in [0, 0.1) is 17.6 Å². The lowest BCUT2D eigenvalue weighted by molar-refractivity contribution is 0.250. The van der Waals surface area contributed by atoms with E-state index in [0.29, 0.717) is 6.54 Å². The van der Waals surface area contributed by atoms with Crippen molar-refractivity contribution in [1.82, 2.24) is 15.1 Å². The number of nitrogens with one attached hydrogen (secondary N) is 2. The van der Waals surface area contributed by atoms with E-state index in [0.717, 1.165) is 17.8 Å². The molecule has 0 unspecified atom stereocenters. The van der Waals surface area contributed by atoms with Gasteiger partial charge in [-0.15, -0.1) is 0 Å². The number of hydrogen-bond donors (Lipinski definition) is 2. The van der Waals surface area contributed by atoms with Crippen LogP contribution in [-0.2, 0) is 7.05 Å². The molecule has 0 radical (unpaired) electrons. The number of halogens is 2. The second-order valence-electron chi connectivity index (χ2n) is 5.69. The Morgan fingerprint density at radius 3 is 2.61 bits per heavy atom. The summed E-state index contributed by atoms with van der Waals surface area (Å²) in [5.74, 6) is -1.14. The van der Waals surface area contributed by atoms with Crippen LogP contribution >= 0.6 is 0 Å². The van der Waals surface area contributed by atoms with Crippen LogP contribution in [0.1, 0.15) is 25.5 Å². The minimum Gasteiger partial charge on any atom is -0.337 e. The molecule has 5 nitrogen and oxygen atoms in total. The number of anilines is 1. The standard InChI is InChI=1S/C16H20F2N4O/c1-10(2)12(15-6-7-20-22(15)3)9-19-16(23)21-14-5-4-11(17)8-13(14)18/h4-8,10,12H,9H2,1-3H3,(H2,19,21,23)/t12-/m1/s1. The first-order chi connectivity index (χ1) is 10.9. The Morgan fingerprint density at radius 1 is 1.30 bits per heavy atom. The average molecular weight is 322 g/mol. The zero-order valence-electron chi connectivity index (χ0n) is 13.3. The second-order valence-corrected chi connectivity index (χ2v) is 5.69. The molecule has 2 aromatic rings. The Morgan fingerprint density at radius 2 is 2.04 bits per heavy atom. The van der Waals surface area contributed by atoms with Crippen LogP contribution in [0.4, 0.5) is 19.3 Å². The summed E-state index contributed by atoms with van der Waals surface area (Å²) in [5, 5.41) is 9.23. The van der Waals surface area contributed by atoms with Crippen LogP contribution < -0.4 is 10.6 Å². The average Bonchev–Trinajstić information content (AvgIpc) is 2.88. The Balaban J connectivity index is 1.98. The predicted octanol–water partition coefficient (Wildman–Crippen LogP) is 3.26. The van der Waals surface area contributed by atoms with Crippen LogP contribution in [0.25, 0.3) is 0 Å². The zero-order valence-corrected chi connectivity index (χ0v) is 13.3. The maximum absolute atomic E-state index is 13.5. The molecule has 1 aromatic heterocycles. The number of hydrogen-bond acceptors (Lipinski definition) is 2. The molecule has 0 bridgehead atoms. The molecule has 1 heterocycles. The van der Waals surface area contributed by atoms with Gasteiger partial charge in [0.25, 0.3) is 0 Å². The fourth-order valence-corrected chi connectivity index (χ4v) is 2.39. The van der Waals surface area contributed by atoms with Gasteiger partial charge >= 0.3 is 6.03 Å². The number of carbonyl (C=O) groups is 1. The van der Waals surface area contributed by atoms with Gasteiger partial charge in [-0.25, -0.2) is 13.6 Å². The first kappa shape index (κ1) is 16.9. The summed E-state index contributed by atoms with van der Waals surface area (Å²) in [6.45, 7) is 4.49. The van der Waals surface area contributed by atoms with Crippen LogP contribution in [0.15, 0.2) is 30.5 Å². The number of amides is 2. The fraction of sp³-hybridized carbons (Fsp3) is 0.375. The number of nitrogens with zero attached hydrogens (tertiary/aromatic N) is 2. The van der Waals surface area contributed by atoms with Gasteiger partial charge in [0.1, 0.15) is 11.6 Å². The zero-order chi connectivity index (χ0) is 17.0. The maximum atomic E-state index is 13.5. The molecule has 23 heavy (non-hydrogen) atoms. The monoisotopic (exact) mass is 322 g/mol. The van der Waals surface area contributed by atoms with Crippen molar-refractivity contribution in [3.8, 4) is 0 Å². The van der Waals surface area contributed by atoms with E-state index in [-0.39, 0.29) is 17.5 Å². The smallest absolute Gasteiger partial charge is 0.319 e. The normalized spacial score (nSPS) is 12.3. The second kappa shape index (κ2) is 7.21. The summed E-state index contributed by atoms with van der Waals surface area (Å²) in [5.41, 5.74) is 0.943. The Bertz CT molecular complexity index is 684. The van der Waals surface area contributed by atoms with Gasteiger partial charge in [-0.05, 0) is 24.1 Å². The number of aryl methyl sites for hydroxylation is 1. The number of carbonyl (C=O) groups excluding carboxylic acids is 1. The van der Waals surface area contributed by atoms with E-state index < -0.39 is 17.7 Å². The molecule has 1 atom stereocenters. The summed E-state index contributed by atoms with van der Waals surface area (Å²) < 4.78 is 28.1. The van der Waals surface area contributed by atoms with E-state index in [1.54, 1.807) is 10.9 Å². The maximum Gasteiger partial charge on any atom is 0.319 e. The summed E-state index contributed by atoms with van der Waals surface area (Å²) >= 11 is 0. The third-order valence-corrected chi connectivity index (χ3v) is 3.71. The molecule has 0 saturated carbocycles. The Hall–Kier alpha value is -2.44. The molecule has 0 aliphatic heterocycles. The molecule has 0 aliphatic rings. The third-order valence-electron chi connectivity index (χ3n) is 3.71. The van der Waals surface area contributed by atoms with E-state index in [1.165, 1.54) is 6.07 Å². The van der Waals surface area contributed by atoms with Gasteiger partial charge < -0.3 is 10.6 Å². The molecule has 0 aliphatic carbocycles. The summed E-state index contributed by atoms with van der Waals surface area (Å²) in [4.78, 5) is 11.9. The highest BCUT2D eigenvalue weighted by Gasteiger charge is 2.20. The van der Waals surface area contributed by atoms with Crippen LogP contribution in [0.2, 0.25) is 0 Å². The molecule has 0 spiro atoms. The van der Waals surface area contributed by atoms with Crippen molar-refractivity contribution in [2.45, 2.75) is 19.8 Å². The highest BCUT2D eigenvalue weighted by atomic mass is 19.1. The van der Waals surface area contributed by atoms with Crippen LogP contribution in [-0.4, -0.2) is 22.4 Å². The number of aromatic nitrogens is 2. The fourth-order valence-electron chi connectivity index (χ4n) is 2.39. The van der Waals surface area contributed by atoms with Gasteiger partial charge in [-0.3, -0.25) is 4.68 Å². The Labute approximate surface area is 133 Å². The largest absolute Gasteiger partial charge is 0.337 e. The first-order valence-corrected chi connectivity index (χ1v) is 7.36. The third kappa shape index (κ3) is 4.28. The van der Waals surface area contributed by atoms with E-state index >= 15 is 0 Å². The molecule has 1 aromatic carbocycles. The predicted molar refractivity (Wildman–Crippen MR) is 84.2 cm³/mol. The van der Waals surface area contributed by atoms with Crippen molar-refractivity contribution >= 4 is 11.7 Å². The molecular formula is C16H20F2N4O. The number of benzene rings is 1. The van der Waals surface area contributed by atoms with Gasteiger partial charge in [-0.1, -0.05) is 13.8 Å².